The highest BCUT2D eigenvalue weighted by molar-refractivity contribution is 5.94. The average Bonchev–Trinajstić information content (AvgIpc) is 3.37. The predicted molar refractivity (Wildman–Crippen MR) is 120 cm³/mol. The van der Waals surface area contributed by atoms with Gasteiger partial charge in [0, 0.05) is 50.4 Å². The number of rotatable bonds is 8. The monoisotopic (exact) mass is 423 g/mol. The summed E-state index contributed by atoms with van der Waals surface area (Å²) in [6.45, 7) is 5.60. The van der Waals surface area contributed by atoms with Crippen LogP contribution in [0.5, 0.6) is 11.5 Å². The molecule has 1 aliphatic heterocycles. The molecule has 164 valence electrons. The van der Waals surface area contributed by atoms with E-state index in [2.05, 4.69) is 15.7 Å². The number of aromatic nitrogens is 2. The number of hydrogen-bond acceptors (Lipinski definition) is 5. The van der Waals surface area contributed by atoms with Crippen molar-refractivity contribution in [3.8, 4) is 11.5 Å². The van der Waals surface area contributed by atoms with Crippen LogP contribution < -0.4 is 20.1 Å². The average molecular weight is 424 g/mol. The van der Waals surface area contributed by atoms with Crippen LogP contribution in [0, 0.1) is 6.92 Å². The maximum atomic E-state index is 5.80. The van der Waals surface area contributed by atoms with E-state index >= 15 is 0 Å². The minimum atomic E-state index is 0.658. The third kappa shape index (κ3) is 6.28. The van der Waals surface area contributed by atoms with Crippen LogP contribution in [-0.4, -0.2) is 42.0 Å². The molecule has 0 atom stereocenters. The molecule has 0 saturated carbocycles. The molecule has 2 N–H and O–H groups in total. The van der Waals surface area contributed by atoms with Crippen LogP contribution in [0.15, 0.2) is 58.4 Å². The molecule has 1 aliphatic rings. The summed E-state index contributed by atoms with van der Waals surface area (Å²) < 4.78 is 18.9. The highest BCUT2D eigenvalue weighted by atomic mass is 16.5. The summed E-state index contributed by atoms with van der Waals surface area (Å²) in [6, 6.07) is 9.74. The molecule has 3 heterocycles. The molecule has 1 aromatic carbocycles. The molecule has 4 rings (SSSR count). The van der Waals surface area contributed by atoms with Gasteiger partial charge in [-0.05, 0) is 43.2 Å². The SMILES string of the molecule is Cc1cnn(CCCN=C(NCCc2ccco2)Nc2ccc3c(c2)OCCCO3)c1. The van der Waals surface area contributed by atoms with Crippen molar-refractivity contribution in [2.45, 2.75) is 32.7 Å². The van der Waals surface area contributed by atoms with Crippen molar-refractivity contribution in [2.75, 3.05) is 31.6 Å². The van der Waals surface area contributed by atoms with Gasteiger partial charge in [0.05, 0.1) is 25.7 Å². The lowest BCUT2D eigenvalue weighted by Crippen LogP contribution is -2.32. The molecule has 3 aromatic rings. The van der Waals surface area contributed by atoms with Gasteiger partial charge in [-0.2, -0.15) is 5.10 Å². The van der Waals surface area contributed by atoms with Crippen molar-refractivity contribution in [1.82, 2.24) is 15.1 Å². The van der Waals surface area contributed by atoms with Crippen LogP contribution in [0.2, 0.25) is 0 Å². The van der Waals surface area contributed by atoms with Crippen molar-refractivity contribution in [3.05, 3.63) is 60.3 Å². The number of nitrogens with one attached hydrogen (secondary N) is 2. The predicted octanol–water partition coefficient (Wildman–Crippen LogP) is 3.64. The molecular weight excluding hydrogens is 394 g/mol. The Balaban J connectivity index is 1.37. The number of nitrogens with zero attached hydrogens (tertiary/aromatic N) is 3. The summed E-state index contributed by atoms with van der Waals surface area (Å²) in [7, 11) is 0. The number of anilines is 1. The van der Waals surface area contributed by atoms with Gasteiger partial charge in [0.2, 0.25) is 0 Å². The van der Waals surface area contributed by atoms with E-state index in [0.717, 1.165) is 54.7 Å². The Morgan fingerprint density at radius 3 is 2.90 bits per heavy atom. The normalized spacial score (nSPS) is 13.6. The highest BCUT2D eigenvalue weighted by Crippen LogP contribution is 2.32. The Hall–Kier alpha value is -3.42. The third-order valence-corrected chi connectivity index (χ3v) is 4.83. The first-order valence-electron chi connectivity index (χ1n) is 10.7. The maximum Gasteiger partial charge on any atom is 0.195 e. The van der Waals surface area contributed by atoms with E-state index < -0.39 is 0 Å². The first-order chi connectivity index (χ1) is 15.3. The standard InChI is InChI=1S/C23H29N5O3/c1-18-16-26-28(17-18)11-3-9-24-23(25-10-8-20-5-2-12-29-20)27-19-6-7-21-22(15-19)31-14-4-13-30-21/h2,5-7,12,15-17H,3-4,8-11,13-14H2,1H3,(H2,24,25,27). The van der Waals surface area contributed by atoms with Crippen LogP contribution in [0.25, 0.3) is 0 Å². The molecule has 0 fully saturated rings. The van der Waals surface area contributed by atoms with Crippen molar-refractivity contribution in [3.63, 3.8) is 0 Å². The van der Waals surface area contributed by atoms with Crippen LogP contribution in [0.3, 0.4) is 0 Å². The highest BCUT2D eigenvalue weighted by Gasteiger charge is 2.11. The van der Waals surface area contributed by atoms with Crippen LogP contribution in [0.4, 0.5) is 5.69 Å². The van der Waals surface area contributed by atoms with E-state index in [-0.39, 0.29) is 0 Å². The number of ether oxygens (including phenoxy) is 2. The zero-order valence-electron chi connectivity index (χ0n) is 17.8. The van der Waals surface area contributed by atoms with Gasteiger partial charge in [-0.3, -0.25) is 9.67 Å². The van der Waals surface area contributed by atoms with Gasteiger partial charge in [-0.1, -0.05) is 0 Å². The van der Waals surface area contributed by atoms with E-state index in [1.165, 1.54) is 5.56 Å². The molecule has 8 heteroatoms. The summed E-state index contributed by atoms with van der Waals surface area (Å²) in [5.41, 5.74) is 2.07. The summed E-state index contributed by atoms with van der Waals surface area (Å²) in [5.74, 6) is 3.20. The second-order valence-corrected chi connectivity index (χ2v) is 7.46. The number of fused-ring (bicyclic) bond motifs is 1. The van der Waals surface area contributed by atoms with Gasteiger partial charge < -0.3 is 24.5 Å². The Bertz CT molecular complexity index is 981. The molecule has 0 spiro atoms. The van der Waals surface area contributed by atoms with Crippen LogP contribution in [0.1, 0.15) is 24.2 Å². The molecular formula is C23H29N5O3. The van der Waals surface area contributed by atoms with Gasteiger partial charge in [-0.25, -0.2) is 0 Å². The third-order valence-electron chi connectivity index (χ3n) is 4.83. The molecule has 0 aliphatic carbocycles. The summed E-state index contributed by atoms with van der Waals surface area (Å²) in [6.07, 6.45) is 8.17. The lowest BCUT2D eigenvalue weighted by Gasteiger charge is -2.14. The molecule has 0 bridgehead atoms. The number of aryl methyl sites for hydroxylation is 2. The van der Waals surface area contributed by atoms with Crippen LogP contribution >= 0.6 is 0 Å². The molecule has 0 radical (unpaired) electrons. The number of furan rings is 1. The minimum Gasteiger partial charge on any atom is -0.490 e. The molecule has 0 amide bonds. The summed E-state index contributed by atoms with van der Waals surface area (Å²) in [4.78, 5) is 4.74. The summed E-state index contributed by atoms with van der Waals surface area (Å²) in [5, 5.41) is 11.1. The van der Waals surface area contributed by atoms with Crippen molar-refractivity contribution < 1.29 is 13.9 Å². The first-order valence-corrected chi connectivity index (χ1v) is 10.7. The van der Waals surface area contributed by atoms with E-state index in [1.807, 2.05) is 54.3 Å². The Morgan fingerprint density at radius 1 is 1.19 bits per heavy atom. The van der Waals surface area contributed by atoms with E-state index in [9.17, 15) is 0 Å². The number of benzene rings is 1. The van der Waals surface area contributed by atoms with Crippen LogP contribution in [-0.2, 0) is 13.0 Å². The molecule has 0 saturated heterocycles. The zero-order chi connectivity index (χ0) is 21.3. The van der Waals surface area contributed by atoms with Crippen molar-refractivity contribution in [1.29, 1.82) is 0 Å². The van der Waals surface area contributed by atoms with Gasteiger partial charge in [0.15, 0.2) is 17.5 Å². The lowest BCUT2D eigenvalue weighted by atomic mass is 10.2. The van der Waals surface area contributed by atoms with E-state index in [4.69, 9.17) is 18.9 Å². The zero-order valence-corrected chi connectivity index (χ0v) is 17.8. The second kappa shape index (κ2) is 10.6. The molecule has 8 nitrogen and oxygen atoms in total. The van der Waals surface area contributed by atoms with Crippen molar-refractivity contribution >= 4 is 11.6 Å². The molecule has 31 heavy (non-hydrogen) atoms. The van der Waals surface area contributed by atoms with Crippen molar-refractivity contribution in [2.24, 2.45) is 4.99 Å². The summed E-state index contributed by atoms with van der Waals surface area (Å²) >= 11 is 0. The smallest absolute Gasteiger partial charge is 0.195 e. The van der Waals surface area contributed by atoms with E-state index in [1.54, 1.807) is 6.26 Å². The second-order valence-electron chi connectivity index (χ2n) is 7.46. The topological polar surface area (TPSA) is 85.8 Å². The Labute approximate surface area is 182 Å². The lowest BCUT2D eigenvalue weighted by molar-refractivity contribution is 0.297. The first kappa shape index (κ1) is 20.8. The quantitative estimate of drug-likeness (QED) is 0.327. The van der Waals surface area contributed by atoms with Gasteiger partial charge in [0.1, 0.15) is 5.76 Å². The maximum absolute atomic E-state index is 5.80. The van der Waals surface area contributed by atoms with E-state index in [0.29, 0.717) is 26.3 Å². The number of guanidine groups is 1. The number of aliphatic imine (C=N–C) groups is 1. The van der Waals surface area contributed by atoms with Gasteiger partial charge in [0.25, 0.3) is 0 Å². The van der Waals surface area contributed by atoms with Gasteiger partial charge in [-0.15, -0.1) is 0 Å². The molecule has 0 unspecified atom stereocenters. The fourth-order valence-electron chi connectivity index (χ4n) is 3.29. The molecule has 2 aromatic heterocycles. The minimum absolute atomic E-state index is 0.658. The Morgan fingerprint density at radius 2 is 2.10 bits per heavy atom. The fourth-order valence-corrected chi connectivity index (χ4v) is 3.29. The van der Waals surface area contributed by atoms with Gasteiger partial charge >= 0.3 is 0 Å². The fraction of sp³-hybridized carbons (Fsp3) is 0.391. The number of hydrogen-bond donors (Lipinski definition) is 2. The largest absolute Gasteiger partial charge is 0.490 e. The Kier molecular flexibility index (Phi) is 7.10.